The van der Waals surface area contributed by atoms with E-state index in [4.69, 9.17) is 11.1 Å². The van der Waals surface area contributed by atoms with Gasteiger partial charge in [0.25, 0.3) is 0 Å². The van der Waals surface area contributed by atoms with Gasteiger partial charge in [-0.2, -0.15) is 0 Å². The van der Waals surface area contributed by atoms with Gasteiger partial charge < -0.3 is 10.6 Å². The third-order valence-corrected chi connectivity index (χ3v) is 4.18. The van der Waals surface area contributed by atoms with Crippen molar-refractivity contribution in [2.24, 2.45) is 5.73 Å². The van der Waals surface area contributed by atoms with Crippen LogP contribution in [0.5, 0.6) is 0 Å². The van der Waals surface area contributed by atoms with Crippen LogP contribution in [0.25, 0.3) is 0 Å². The number of rotatable bonds is 4. The Morgan fingerprint density at radius 3 is 2.80 bits per heavy atom. The summed E-state index contributed by atoms with van der Waals surface area (Å²) in [6.45, 7) is 6.56. The maximum atomic E-state index is 7.71. The van der Waals surface area contributed by atoms with Crippen LogP contribution in [0.1, 0.15) is 30.9 Å². The molecule has 0 aliphatic carbocycles. The lowest BCUT2D eigenvalue weighted by Gasteiger charge is -2.30. The minimum Gasteiger partial charge on any atom is -0.384 e. The van der Waals surface area contributed by atoms with Crippen molar-refractivity contribution in [1.29, 1.82) is 5.41 Å². The van der Waals surface area contributed by atoms with Gasteiger partial charge in [-0.05, 0) is 32.0 Å². The zero-order valence-electron chi connectivity index (χ0n) is 12.6. The largest absolute Gasteiger partial charge is 0.384 e. The predicted molar refractivity (Wildman–Crippen MR) is 84.1 cm³/mol. The van der Waals surface area contributed by atoms with Gasteiger partial charge >= 0.3 is 0 Å². The monoisotopic (exact) mass is 274 g/mol. The van der Waals surface area contributed by atoms with E-state index < -0.39 is 0 Å². The quantitative estimate of drug-likeness (QED) is 0.651. The molecule has 2 rings (SSSR count). The molecule has 0 spiro atoms. The summed E-state index contributed by atoms with van der Waals surface area (Å²) in [5.41, 5.74) is 7.74. The Morgan fingerprint density at radius 1 is 1.35 bits per heavy atom. The normalized spacial score (nSPS) is 21.6. The van der Waals surface area contributed by atoms with E-state index in [-0.39, 0.29) is 5.84 Å². The molecule has 1 saturated heterocycles. The van der Waals surface area contributed by atoms with Crippen LogP contribution < -0.4 is 5.73 Å². The first-order valence-electron chi connectivity index (χ1n) is 7.46. The highest BCUT2D eigenvalue weighted by molar-refractivity contribution is 5.96. The van der Waals surface area contributed by atoms with Crippen molar-refractivity contribution < 1.29 is 0 Å². The Labute approximate surface area is 122 Å². The second-order valence-corrected chi connectivity index (χ2v) is 5.72. The molecular formula is C16H26N4. The fourth-order valence-electron chi connectivity index (χ4n) is 3.03. The van der Waals surface area contributed by atoms with Gasteiger partial charge in [-0.1, -0.05) is 31.2 Å². The molecule has 1 fully saturated rings. The minimum absolute atomic E-state index is 0.167. The molecule has 0 saturated carbocycles. The molecule has 1 unspecified atom stereocenters. The second kappa shape index (κ2) is 6.86. The zero-order chi connectivity index (χ0) is 14.5. The number of nitrogen functional groups attached to an aromatic ring is 1. The van der Waals surface area contributed by atoms with Crippen molar-refractivity contribution in [2.45, 2.75) is 32.4 Å². The van der Waals surface area contributed by atoms with E-state index in [2.05, 4.69) is 29.8 Å². The van der Waals surface area contributed by atoms with Crippen molar-refractivity contribution in [2.75, 3.05) is 26.7 Å². The van der Waals surface area contributed by atoms with Crippen molar-refractivity contribution in [3.05, 3.63) is 35.4 Å². The summed E-state index contributed by atoms with van der Waals surface area (Å²) in [5.74, 6) is 0.167. The van der Waals surface area contributed by atoms with Gasteiger partial charge in [0.15, 0.2) is 0 Å². The van der Waals surface area contributed by atoms with E-state index in [1.165, 1.54) is 18.5 Å². The average molecular weight is 274 g/mol. The Hall–Kier alpha value is -1.39. The molecule has 1 aromatic rings. The Balaban J connectivity index is 2.17. The summed E-state index contributed by atoms with van der Waals surface area (Å²) < 4.78 is 0. The summed E-state index contributed by atoms with van der Waals surface area (Å²) in [6.07, 6.45) is 2.36. The Morgan fingerprint density at radius 2 is 2.10 bits per heavy atom. The third kappa shape index (κ3) is 3.58. The number of benzene rings is 1. The predicted octanol–water partition coefficient (Wildman–Crippen LogP) is 1.89. The van der Waals surface area contributed by atoms with Gasteiger partial charge in [0.2, 0.25) is 0 Å². The molecule has 1 heterocycles. The first kappa shape index (κ1) is 15.0. The van der Waals surface area contributed by atoms with Crippen LogP contribution in [-0.2, 0) is 6.54 Å². The van der Waals surface area contributed by atoms with Crippen LogP contribution in [0.3, 0.4) is 0 Å². The van der Waals surface area contributed by atoms with Gasteiger partial charge in [0, 0.05) is 31.2 Å². The molecule has 0 radical (unpaired) electrons. The van der Waals surface area contributed by atoms with Crippen molar-refractivity contribution in [1.82, 2.24) is 9.80 Å². The maximum Gasteiger partial charge on any atom is 0.123 e. The van der Waals surface area contributed by atoms with Gasteiger partial charge in [0.05, 0.1) is 0 Å². The van der Waals surface area contributed by atoms with E-state index in [9.17, 15) is 0 Å². The highest BCUT2D eigenvalue weighted by atomic mass is 15.2. The lowest BCUT2D eigenvalue weighted by atomic mass is 10.0. The molecule has 110 valence electrons. The number of hydrogen-bond acceptors (Lipinski definition) is 3. The number of hydrogen-bond donors (Lipinski definition) is 2. The van der Waals surface area contributed by atoms with Crippen LogP contribution in [0.15, 0.2) is 24.3 Å². The molecule has 3 N–H and O–H groups in total. The number of amidine groups is 1. The highest BCUT2D eigenvalue weighted by Crippen LogP contribution is 2.18. The average Bonchev–Trinajstić information content (AvgIpc) is 2.61. The van der Waals surface area contributed by atoms with Gasteiger partial charge in [-0.3, -0.25) is 10.3 Å². The standard InChI is InChI=1S/C16H26N4/c1-3-14-12-19(2)9-6-10-20(14)11-13-7-4-5-8-15(13)16(17)18/h4-5,7-8,14H,3,6,9-12H2,1-2H3,(H3,17,18). The first-order valence-corrected chi connectivity index (χ1v) is 7.46. The molecule has 1 atom stereocenters. The molecular weight excluding hydrogens is 248 g/mol. The van der Waals surface area contributed by atoms with Crippen molar-refractivity contribution in [3.63, 3.8) is 0 Å². The first-order chi connectivity index (χ1) is 9.61. The molecule has 1 aliphatic rings. The van der Waals surface area contributed by atoms with E-state index in [0.29, 0.717) is 6.04 Å². The fraction of sp³-hybridized carbons (Fsp3) is 0.562. The van der Waals surface area contributed by atoms with Crippen LogP contribution in [0, 0.1) is 5.41 Å². The fourth-order valence-corrected chi connectivity index (χ4v) is 3.03. The molecule has 1 aromatic carbocycles. The molecule has 0 bridgehead atoms. The lowest BCUT2D eigenvalue weighted by molar-refractivity contribution is 0.176. The number of nitrogens with two attached hydrogens (primary N) is 1. The van der Waals surface area contributed by atoms with Crippen LogP contribution >= 0.6 is 0 Å². The van der Waals surface area contributed by atoms with Crippen LogP contribution in [0.2, 0.25) is 0 Å². The maximum absolute atomic E-state index is 7.71. The Kier molecular flexibility index (Phi) is 5.15. The number of nitrogens with zero attached hydrogens (tertiary/aromatic N) is 2. The van der Waals surface area contributed by atoms with E-state index in [0.717, 1.165) is 31.6 Å². The van der Waals surface area contributed by atoms with Crippen molar-refractivity contribution in [3.8, 4) is 0 Å². The minimum atomic E-state index is 0.167. The SMILES string of the molecule is CCC1CN(C)CCCN1Cc1ccccc1C(=N)N. The van der Waals surface area contributed by atoms with Gasteiger partial charge in [-0.25, -0.2) is 0 Å². The zero-order valence-corrected chi connectivity index (χ0v) is 12.6. The van der Waals surface area contributed by atoms with E-state index >= 15 is 0 Å². The van der Waals surface area contributed by atoms with Crippen LogP contribution in [-0.4, -0.2) is 48.4 Å². The summed E-state index contributed by atoms with van der Waals surface area (Å²) in [5, 5.41) is 7.71. The summed E-state index contributed by atoms with van der Waals surface area (Å²) in [7, 11) is 2.20. The molecule has 1 aliphatic heterocycles. The summed E-state index contributed by atoms with van der Waals surface area (Å²) in [6, 6.07) is 8.61. The van der Waals surface area contributed by atoms with Crippen LogP contribution in [0.4, 0.5) is 0 Å². The molecule has 20 heavy (non-hydrogen) atoms. The summed E-state index contributed by atoms with van der Waals surface area (Å²) in [4.78, 5) is 4.97. The van der Waals surface area contributed by atoms with Gasteiger partial charge in [-0.15, -0.1) is 0 Å². The lowest BCUT2D eigenvalue weighted by Crippen LogP contribution is -2.39. The van der Waals surface area contributed by atoms with E-state index in [1.54, 1.807) is 0 Å². The topological polar surface area (TPSA) is 56.4 Å². The molecule has 4 heteroatoms. The number of nitrogens with one attached hydrogen (secondary N) is 1. The highest BCUT2D eigenvalue weighted by Gasteiger charge is 2.22. The Bertz CT molecular complexity index is 458. The molecule has 4 nitrogen and oxygen atoms in total. The third-order valence-electron chi connectivity index (χ3n) is 4.18. The van der Waals surface area contributed by atoms with Gasteiger partial charge in [0.1, 0.15) is 5.84 Å². The smallest absolute Gasteiger partial charge is 0.123 e. The van der Waals surface area contributed by atoms with Crippen molar-refractivity contribution >= 4 is 5.84 Å². The summed E-state index contributed by atoms with van der Waals surface area (Å²) >= 11 is 0. The van der Waals surface area contributed by atoms with E-state index in [1.807, 2.05) is 18.2 Å². The number of likely N-dealkylation sites (N-methyl/N-ethyl adjacent to an activating group) is 1. The molecule has 0 aromatic heterocycles. The molecule has 0 amide bonds. The second-order valence-electron chi connectivity index (χ2n) is 5.72.